The predicted molar refractivity (Wildman–Crippen MR) is 59.1 cm³/mol. The fourth-order valence-electron chi connectivity index (χ4n) is 1.52. The Morgan fingerprint density at radius 1 is 1.69 bits per heavy atom. The molecule has 2 heterocycles. The van der Waals surface area contributed by atoms with Crippen molar-refractivity contribution in [1.82, 2.24) is 20.1 Å². The number of carbonyl (C=O) groups is 1. The van der Waals surface area contributed by atoms with E-state index in [-0.39, 0.29) is 11.2 Å². The maximum absolute atomic E-state index is 10.8. The van der Waals surface area contributed by atoms with Gasteiger partial charge in [0.25, 0.3) is 0 Å². The zero-order chi connectivity index (χ0) is 11.8. The van der Waals surface area contributed by atoms with Crippen LogP contribution >= 0.6 is 11.8 Å². The van der Waals surface area contributed by atoms with Crippen LogP contribution in [0.3, 0.4) is 0 Å². The number of nitrogens with one attached hydrogen (secondary N) is 1. The fraction of sp³-hybridized carbons (Fsp3) is 0.625. The first-order valence-electron chi connectivity index (χ1n) is 4.79. The molecule has 0 spiro atoms. The van der Waals surface area contributed by atoms with Gasteiger partial charge in [-0.25, -0.2) is 0 Å². The molecule has 0 radical (unpaired) electrons. The van der Waals surface area contributed by atoms with Crippen molar-refractivity contribution in [1.29, 1.82) is 0 Å². The minimum absolute atomic E-state index is 0.109. The molecule has 8 heteroatoms. The molecule has 1 aromatic rings. The molecule has 0 atom stereocenters. The van der Waals surface area contributed by atoms with Crippen LogP contribution in [0, 0.1) is 0 Å². The average Bonchev–Trinajstić information content (AvgIpc) is 2.45. The van der Waals surface area contributed by atoms with Gasteiger partial charge in [-0.2, -0.15) is 0 Å². The standard InChI is InChI=1S/C8H13N5O2S/c1-13-6(9)11-12-7(13)16-8(2-5(14)15)3-10-4-8/h10H,2-4H2,1H3,(H2,9,11)(H,14,15). The number of anilines is 1. The van der Waals surface area contributed by atoms with E-state index < -0.39 is 5.97 Å². The summed E-state index contributed by atoms with van der Waals surface area (Å²) in [5.41, 5.74) is 5.56. The van der Waals surface area contributed by atoms with Gasteiger partial charge in [-0.3, -0.25) is 9.36 Å². The van der Waals surface area contributed by atoms with E-state index in [2.05, 4.69) is 15.5 Å². The fourth-order valence-corrected chi connectivity index (χ4v) is 2.76. The number of nitrogens with zero attached hydrogens (tertiary/aromatic N) is 3. The third-order valence-electron chi connectivity index (χ3n) is 2.54. The number of nitrogen functional groups attached to an aromatic ring is 1. The zero-order valence-corrected chi connectivity index (χ0v) is 9.62. The molecular formula is C8H13N5O2S. The van der Waals surface area contributed by atoms with Gasteiger partial charge in [-0.1, -0.05) is 11.8 Å². The highest BCUT2D eigenvalue weighted by Crippen LogP contribution is 2.37. The summed E-state index contributed by atoms with van der Waals surface area (Å²) in [6.07, 6.45) is 0.109. The lowest BCUT2D eigenvalue weighted by Gasteiger charge is -2.40. The Kier molecular flexibility index (Phi) is 2.76. The minimum Gasteiger partial charge on any atom is -0.481 e. The Balaban J connectivity index is 2.12. The molecule has 0 aliphatic carbocycles. The summed E-state index contributed by atoms with van der Waals surface area (Å²) in [5.74, 6) is -0.468. The van der Waals surface area contributed by atoms with E-state index in [4.69, 9.17) is 10.8 Å². The molecule has 88 valence electrons. The highest BCUT2D eigenvalue weighted by atomic mass is 32.2. The Morgan fingerprint density at radius 2 is 2.38 bits per heavy atom. The van der Waals surface area contributed by atoms with Gasteiger partial charge in [0.2, 0.25) is 5.95 Å². The van der Waals surface area contributed by atoms with Gasteiger partial charge in [-0.15, -0.1) is 10.2 Å². The van der Waals surface area contributed by atoms with Gasteiger partial charge in [0, 0.05) is 20.1 Å². The number of carboxylic acid groups (broad SMARTS) is 1. The molecule has 0 aromatic carbocycles. The quantitative estimate of drug-likeness (QED) is 0.642. The normalized spacial score (nSPS) is 18.1. The number of carboxylic acids is 1. The summed E-state index contributed by atoms with van der Waals surface area (Å²) in [6, 6.07) is 0. The highest BCUT2D eigenvalue weighted by Gasteiger charge is 2.41. The van der Waals surface area contributed by atoms with Crippen molar-refractivity contribution in [2.75, 3.05) is 18.8 Å². The van der Waals surface area contributed by atoms with Crippen LogP contribution in [0.25, 0.3) is 0 Å². The van der Waals surface area contributed by atoms with Gasteiger partial charge in [-0.05, 0) is 0 Å². The van der Waals surface area contributed by atoms with Gasteiger partial charge >= 0.3 is 5.97 Å². The van der Waals surface area contributed by atoms with Crippen molar-refractivity contribution in [2.24, 2.45) is 7.05 Å². The molecule has 7 nitrogen and oxygen atoms in total. The van der Waals surface area contributed by atoms with E-state index >= 15 is 0 Å². The number of aliphatic carboxylic acids is 1. The van der Waals surface area contributed by atoms with Gasteiger partial charge in [0.15, 0.2) is 5.16 Å². The van der Waals surface area contributed by atoms with Crippen molar-refractivity contribution in [3.63, 3.8) is 0 Å². The minimum atomic E-state index is -0.802. The Hall–Kier alpha value is -1.28. The molecule has 1 saturated heterocycles. The van der Waals surface area contributed by atoms with Crippen LogP contribution in [0.4, 0.5) is 5.95 Å². The molecule has 2 rings (SSSR count). The predicted octanol–water partition coefficient (Wildman–Crippen LogP) is -0.694. The molecule has 4 N–H and O–H groups in total. The summed E-state index contributed by atoms with van der Waals surface area (Å²) < 4.78 is 1.34. The zero-order valence-electron chi connectivity index (χ0n) is 8.80. The van der Waals surface area contributed by atoms with Crippen LogP contribution < -0.4 is 11.1 Å². The monoisotopic (exact) mass is 243 g/mol. The van der Waals surface area contributed by atoms with Crippen LogP contribution in [0.1, 0.15) is 6.42 Å². The van der Waals surface area contributed by atoms with E-state index in [0.29, 0.717) is 24.2 Å². The van der Waals surface area contributed by atoms with E-state index in [1.807, 2.05) is 0 Å². The Labute approximate surface area is 96.4 Å². The first-order chi connectivity index (χ1) is 7.52. The molecular weight excluding hydrogens is 230 g/mol. The van der Waals surface area contributed by atoms with Crippen molar-refractivity contribution >= 4 is 23.7 Å². The third kappa shape index (κ3) is 1.98. The molecule has 0 unspecified atom stereocenters. The smallest absolute Gasteiger partial charge is 0.304 e. The Bertz CT molecular complexity index is 415. The van der Waals surface area contributed by atoms with Crippen molar-refractivity contribution in [3.8, 4) is 0 Å². The van der Waals surface area contributed by atoms with Crippen LogP contribution in [0.2, 0.25) is 0 Å². The van der Waals surface area contributed by atoms with E-state index in [1.54, 1.807) is 11.6 Å². The van der Waals surface area contributed by atoms with Crippen LogP contribution in [0.15, 0.2) is 5.16 Å². The molecule has 1 aliphatic heterocycles. The first-order valence-corrected chi connectivity index (χ1v) is 5.60. The molecule has 1 aromatic heterocycles. The summed E-state index contributed by atoms with van der Waals surface area (Å²) in [4.78, 5) is 10.8. The second-order valence-electron chi connectivity index (χ2n) is 3.86. The van der Waals surface area contributed by atoms with Crippen LogP contribution in [-0.2, 0) is 11.8 Å². The molecule has 0 bridgehead atoms. The SMILES string of the molecule is Cn1c(N)nnc1SC1(CC(=O)O)CNC1. The van der Waals surface area contributed by atoms with Crippen molar-refractivity contribution < 1.29 is 9.90 Å². The molecule has 1 aliphatic rings. The van der Waals surface area contributed by atoms with Gasteiger partial charge < -0.3 is 16.2 Å². The second-order valence-corrected chi connectivity index (χ2v) is 5.29. The van der Waals surface area contributed by atoms with E-state index in [9.17, 15) is 4.79 Å². The number of hydrogen-bond acceptors (Lipinski definition) is 6. The summed E-state index contributed by atoms with van der Waals surface area (Å²) in [7, 11) is 1.76. The highest BCUT2D eigenvalue weighted by molar-refractivity contribution is 8.00. The summed E-state index contributed by atoms with van der Waals surface area (Å²) >= 11 is 1.42. The average molecular weight is 243 g/mol. The summed E-state index contributed by atoms with van der Waals surface area (Å²) in [6.45, 7) is 1.33. The van der Waals surface area contributed by atoms with Crippen molar-refractivity contribution in [3.05, 3.63) is 0 Å². The number of nitrogens with two attached hydrogens (primary N) is 1. The number of hydrogen-bond donors (Lipinski definition) is 3. The van der Waals surface area contributed by atoms with E-state index in [0.717, 1.165) is 0 Å². The lowest BCUT2D eigenvalue weighted by molar-refractivity contribution is -0.138. The largest absolute Gasteiger partial charge is 0.481 e. The number of thioether (sulfide) groups is 1. The topological polar surface area (TPSA) is 106 Å². The van der Waals surface area contributed by atoms with Gasteiger partial charge in [0.05, 0.1) is 11.2 Å². The maximum Gasteiger partial charge on any atom is 0.304 e. The third-order valence-corrected chi connectivity index (χ3v) is 3.95. The Morgan fingerprint density at radius 3 is 2.75 bits per heavy atom. The first kappa shape index (κ1) is 11.2. The lowest BCUT2D eigenvalue weighted by Crippen LogP contribution is -2.58. The van der Waals surface area contributed by atoms with Crippen LogP contribution in [-0.4, -0.2) is 43.7 Å². The molecule has 0 amide bonds. The maximum atomic E-state index is 10.8. The van der Waals surface area contributed by atoms with E-state index in [1.165, 1.54) is 11.8 Å². The lowest BCUT2D eigenvalue weighted by atomic mass is 9.98. The van der Waals surface area contributed by atoms with Crippen molar-refractivity contribution in [2.45, 2.75) is 16.3 Å². The second kappa shape index (κ2) is 3.95. The number of aromatic nitrogens is 3. The molecule has 16 heavy (non-hydrogen) atoms. The van der Waals surface area contributed by atoms with Crippen LogP contribution in [0.5, 0.6) is 0 Å². The molecule has 0 saturated carbocycles. The molecule has 1 fully saturated rings. The summed E-state index contributed by atoms with van der Waals surface area (Å²) in [5, 5.41) is 20.3. The van der Waals surface area contributed by atoms with Gasteiger partial charge in [0.1, 0.15) is 0 Å². The number of rotatable bonds is 4.